The van der Waals surface area contributed by atoms with Gasteiger partial charge in [0.25, 0.3) is 15.9 Å². The van der Waals surface area contributed by atoms with Gasteiger partial charge in [-0.05, 0) is 36.2 Å². The molecule has 0 fully saturated rings. The maximum atomic E-state index is 14.1. The first kappa shape index (κ1) is 24.5. The Kier molecular flexibility index (Phi) is 7.05. The zero-order chi connectivity index (χ0) is 25.0. The highest BCUT2D eigenvalue weighted by atomic mass is 32.2. The van der Waals surface area contributed by atoms with Gasteiger partial charge in [-0.1, -0.05) is 24.3 Å². The first-order valence-corrected chi connectivity index (χ1v) is 11.3. The summed E-state index contributed by atoms with van der Waals surface area (Å²) in [6.07, 6.45) is -0.887. The number of aliphatic carboxylic acids is 1. The van der Waals surface area contributed by atoms with E-state index in [1.165, 1.54) is 30.3 Å². The number of anilines is 1. The molecule has 11 nitrogen and oxygen atoms in total. The van der Waals surface area contributed by atoms with Gasteiger partial charge in [-0.25, -0.2) is 17.5 Å². The Morgan fingerprint density at radius 2 is 1.79 bits per heavy atom. The van der Waals surface area contributed by atoms with Crippen molar-refractivity contribution in [3.8, 4) is 0 Å². The number of hydrogen-bond donors (Lipinski definition) is 3. The van der Waals surface area contributed by atoms with Crippen LogP contribution in [-0.4, -0.2) is 46.1 Å². The first-order chi connectivity index (χ1) is 16.0. The largest absolute Gasteiger partial charge is 0.481 e. The van der Waals surface area contributed by atoms with Crippen molar-refractivity contribution in [1.29, 1.82) is 0 Å². The lowest BCUT2D eigenvalue weighted by molar-refractivity contribution is -0.138. The van der Waals surface area contributed by atoms with Crippen molar-refractivity contribution in [2.24, 2.45) is 0 Å². The van der Waals surface area contributed by atoms with E-state index in [4.69, 9.17) is 10.8 Å². The Hall–Kier alpha value is -4.13. The van der Waals surface area contributed by atoms with Crippen LogP contribution in [0, 0.1) is 12.7 Å². The molecule has 0 unspecified atom stereocenters. The zero-order valence-electron chi connectivity index (χ0n) is 17.9. The molecule has 34 heavy (non-hydrogen) atoms. The minimum absolute atomic E-state index is 0.0893. The fourth-order valence-corrected chi connectivity index (χ4v) is 4.06. The van der Waals surface area contributed by atoms with Crippen LogP contribution in [0.2, 0.25) is 0 Å². The number of benzene rings is 2. The number of carbonyl (C=O) groups excluding carboxylic acids is 2. The third kappa shape index (κ3) is 5.61. The Morgan fingerprint density at radius 1 is 1.12 bits per heavy atom. The molecule has 1 heterocycles. The third-order valence-corrected chi connectivity index (χ3v) is 6.10. The summed E-state index contributed by atoms with van der Waals surface area (Å²) in [5.41, 5.74) is 6.60. The standard InChI is InChI=1S/C21H20FN5O6S/c1-12-3-2-4-15(22)19(12)20(31)27-21(23)24-16(25-27)11-13-5-7-14(8-6-13)34(32,33)26-17(28)9-10-18(29)30/h2-8H,9-11H2,1H3,(H,26,28)(H,29,30)(H2,23,24,25). The van der Waals surface area contributed by atoms with Crippen molar-refractivity contribution in [3.05, 3.63) is 70.8 Å². The van der Waals surface area contributed by atoms with Crippen LogP contribution in [0.5, 0.6) is 0 Å². The number of amides is 1. The molecule has 0 spiro atoms. The van der Waals surface area contributed by atoms with Gasteiger partial charge in [0, 0.05) is 12.8 Å². The fourth-order valence-electron chi connectivity index (χ4n) is 3.05. The summed E-state index contributed by atoms with van der Waals surface area (Å²) in [6.45, 7) is 1.58. The third-order valence-electron chi connectivity index (χ3n) is 4.71. The van der Waals surface area contributed by atoms with E-state index >= 15 is 0 Å². The van der Waals surface area contributed by atoms with E-state index in [0.29, 0.717) is 11.1 Å². The Labute approximate surface area is 193 Å². The molecule has 0 saturated heterocycles. The van der Waals surface area contributed by atoms with Gasteiger partial charge in [0.15, 0.2) is 5.82 Å². The molecule has 1 aromatic heterocycles. The lowest BCUT2D eigenvalue weighted by Gasteiger charge is -2.07. The van der Waals surface area contributed by atoms with Crippen LogP contribution >= 0.6 is 0 Å². The number of halogens is 1. The molecule has 178 valence electrons. The van der Waals surface area contributed by atoms with E-state index in [2.05, 4.69) is 10.1 Å². The second kappa shape index (κ2) is 9.79. The van der Waals surface area contributed by atoms with Crippen molar-refractivity contribution >= 4 is 33.8 Å². The molecule has 0 aliphatic rings. The maximum absolute atomic E-state index is 14.1. The van der Waals surface area contributed by atoms with Crippen molar-refractivity contribution < 1.29 is 32.3 Å². The molecule has 1 amide bonds. The second-order valence-corrected chi connectivity index (χ2v) is 8.96. The normalized spacial score (nSPS) is 11.2. The van der Waals surface area contributed by atoms with Crippen LogP contribution in [0.25, 0.3) is 0 Å². The highest BCUT2D eigenvalue weighted by molar-refractivity contribution is 7.90. The van der Waals surface area contributed by atoms with E-state index in [0.717, 1.165) is 10.7 Å². The molecule has 13 heteroatoms. The molecule has 0 aliphatic carbocycles. The molecule has 4 N–H and O–H groups in total. The number of nitrogens with one attached hydrogen (secondary N) is 1. The summed E-state index contributed by atoms with van der Waals surface area (Å²) in [5, 5.41) is 12.6. The van der Waals surface area contributed by atoms with Crippen LogP contribution in [0.15, 0.2) is 47.4 Å². The number of aromatic nitrogens is 3. The lowest BCUT2D eigenvalue weighted by atomic mass is 10.1. The average molecular weight is 489 g/mol. The van der Waals surface area contributed by atoms with Gasteiger partial charge in [0.1, 0.15) is 5.82 Å². The van der Waals surface area contributed by atoms with Gasteiger partial charge in [0.05, 0.1) is 16.9 Å². The summed E-state index contributed by atoms with van der Waals surface area (Å²) < 4.78 is 41.3. The molecule has 2 aromatic carbocycles. The first-order valence-electron chi connectivity index (χ1n) is 9.85. The number of nitrogen functional groups attached to an aromatic ring is 1. The van der Waals surface area contributed by atoms with Gasteiger partial charge in [0.2, 0.25) is 11.9 Å². The average Bonchev–Trinajstić information content (AvgIpc) is 3.12. The van der Waals surface area contributed by atoms with E-state index in [9.17, 15) is 27.2 Å². The predicted molar refractivity (Wildman–Crippen MR) is 117 cm³/mol. The summed E-state index contributed by atoms with van der Waals surface area (Å²) in [6, 6.07) is 9.61. The molecule has 0 saturated carbocycles. The molecular formula is C21H20FN5O6S. The van der Waals surface area contributed by atoms with Gasteiger partial charge >= 0.3 is 5.97 Å². The van der Waals surface area contributed by atoms with Crippen LogP contribution in [0.3, 0.4) is 0 Å². The Bertz CT molecular complexity index is 1350. The Balaban J connectivity index is 1.73. The summed E-state index contributed by atoms with van der Waals surface area (Å²) in [7, 11) is -4.18. The van der Waals surface area contributed by atoms with E-state index < -0.39 is 46.5 Å². The summed E-state index contributed by atoms with van der Waals surface area (Å²) in [4.78, 5) is 38.7. The smallest absolute Gasteiger partial charge is 0.303 e. The number of carboxylic acid groups (broad SMARTS) is 1. The van der Waals surface area contributed by atoms with Crippen molar-refractivity contribution in [2.75, 3.05) is 5.73 Å². The number of rotatable bonds is 8. The zero-order valence-corrected chi connectivity index (χ0v) is 18.7. The van der Waals surface area contributed by atoms with E-state index in [1.54, 1.807) is 17.7 Å². The van der Waals surface area contributed by atoms with Crippen LogP contribution in [0.4, 0.5) is 10.3 Å². The maximum Gasteiger partial charge on any atom is 0.303 e. The number of sulfonamides is 1. The highest BCUT2D eigenvalue weighted by Crippen LogP contribution is 2.17. The van der Waals surface area contributed by atoms with E-state index in [-0.39, 0.29) is 28.7 Å². The summed E-state index contributed by atoms with van der Waals surface area (Å²) in [5.74, 6) is -3.73. The number of hydrogen-bond acceptors (Lipinski definition) is 8. The summed E-state index contributed by atoms with van der Waals surface area (Å²) >= 11 is 0. The van der Waals surface area contributed by atoms with Crippen molar-refractivity contribution in [2.45, 2.75) is 31.1 Å². The van der Waals surface area contributed by atoms with Gasteiger partial charge < -0.3 is 10.8 Å². The number of nitrogens with two attached hydrogens (primary N) is 1. The molecule has 0 aliphatic heterocycles. The topological polar surface area (TPSA) is 174 Å². The minimum atomic E-state index is -4.18. The van der Waals surface area contributed by atoms with Crippen LogP contribution < -0.4 is 10.5 Å². The molecule has 3 rings (SSSR count). The number of carbonyl (C=O) groups is 3. The molecule has 0 bridgehead atoms. The molecule has 3 aromatic rings. The molecule has 0 atom stereocenters. The second-order valence-electron chi connectivity index (χ2n) is 7.28. The molecular weight excluding hydrogens is 469 g/mol. The van der Waals surface area contributed by atoms with Crippen molar-refractivity contribution in [1.82, 2.24) is 19.5 Å². The monoisotopic (exact) mass is 489 g/mol. The number of nitrogens with zero attached hydrogens (tertiary/aromatic N) is 3. The van der Waals surface area contributed by atoms with Crippen molar-refractivity contribution in [3.63, 3.8) is 0 Å². The Morgan fingerprint density at radius 3 is 2.41 bits per heavy atom. The predicted octanol–water partition coefficient (Wildman–Crippen LogP) is 1.26. The van der Waals surface area contributed by atoms with Crippen LogP contribution in [-0.2, 0) is 26.0 Å². The van der Waals surface area contributed by atoms with Gasteiger partial charge in [-0.3, -0.25) is 14.4 Å². The van der Waals surface area contributed by atoms with Gasteiger partial charge in [-0.15, -0.1) is 5.10 Å². The lowest BCUT2D eigenvalue weighted by Crippen LogP contribution is -2.30. The van der Waals surface area contributed by atoms with Crippen LogP contribution in [0.1, 0.15) is 40.2 Å². The highest BCUT2D eigenvalue weighted by Gasteiger charge is 2.22. The molecule has 0 radical (unpaired) electrons. The number of aryl methyl sites for hydroxylation is 1. The minimum Gasteiger partial charge on any atom is -0.481 e. The fraction of sp³-hybridized carbons (Fsp3) is 0.190. The number of carboxylic acids is 1. The van der Waals surface area contributed by atoms with Gasteiger partial charge in [-0.2, -0.15) is 9.67 Å². The SMILES string of the molecule is Cc1cccc(F)c1C(=O)n1nc(Cc2ccc(S(=O)(=O)NC(=O)CCC(=O)O)cc2)nc1N. The quantitative estimate of drug-likeness (QED) is 0.421. The van der Waals surface area contributed by atoms with E-state index in [1.807, 2.05) is 0 Å².